The Bertz CT molecular complexity index is 219. The SMILES string of the molecule is CS(=O)(=O)OCC1CC[N]CC1. The van der Waals surface area contributed by atoms with Crippen molar-refractivity contribution in [1.29, 1.82) is 0 Å². The standard InChI is InChI=1S/C7H14NO3S/c1-12(9,10)11-6-7-2-4-8-5-3-7/h7H,2-6H2,1H3. The van der Waals surface area contributed by atoms with E-state index in [4.69, 9.17) is 4.18 Å². The molecule has 0 aromatic carbocycles. The van der Waals surface area contributed by atoms with Gasteiger partial charge in [0.05, 0.1) is 12.9 Å². The molecule has 5 heteroatoms. The fourth-order valence-corrected chi connectivity index (χ4v) is 1.63. The van der Waals surface area contributed by atoms with Crippen molar-refractivity contribution < 1.29 is 12.6 Å². The summed E-state index contributed by atoms with van der Waals surface area (Å²) in [5.74, 6) is 0.372. The van der Waals surface area contributed by atoms with Crippen LogP contribution in [0.3, 0.4) is 0 Å². The smallest absolute Gasteiger partial charge is 0.264 e. The zero-order chi connectivity index (χ0) is 9.03. The lowest BCUT2D eigenvalue weighted by Crippen LogP contribution is -2.26. The van der Waals surface area contributed by atoms with Gasteiger partial charge in [0.25, 0.3) is 10.1 Å². The summed E-state index contributed by atoms with van der Waals surface area (Å²) < 4.78 is 26.0. The summed E-state index contributed by atoms with van der Waals surface area (Å²) in [6.45, 7) is 2.02. The minimum atomic E-state index is -3.25. The van der Waals surface area contributed by atoms with E-state index in [1.54, 1.807) is 0 Å². The van der Waals surface area contributed by atoms with Crippen LogP contribution in [-0.2, 0) is 14.3 Å². The van der Waals surface area contributed by atoms with Crippen molar-refractivity contribution >= 4 is 10.1 Å². The number of rotatable bonds is 3. The molecule has 0 unspecified atom stereocenters. The highest BCUT2D eigenvalue weighted by atomic mass is 32.2. The zero-order valence-electron chi connectivity index (χ0n) is 7.19. The molecule has 0 saturated carbocycles. The van der Waals surface area contributed by atoms with Crippen LogP contribution in [0.5, 0.6) is 0 Å². The molecule has 0 aliphatic carbocycles. The molecule has 12 heavy (non-hydrogen) atoms. The first-order valence-electron chi connectivity index (χ1n) is 4.05. The van der Waals surface area contributed by atoms with E-state index in [0.29, 0.717) is 12.5 Å². The molecule has 1 saturated heterocycles. The maximum atomic E-state index is 10.6. The van der Waals surface area contributed by atoms with Gasteiger partial charge in [-0.1, -0.05) is 0 Å². The summed E-state index contributed by atoms with van der Waals surface area (Å²) in [6.07, 6.45) is 2.99. The van der Waals surface area contributed by atoms with Crippen molar-refractivity contribution in [2.45, 2.75) is 12.8 Å². The van der Waals surface area contributed by atoms with Crippen LogP contribution in [0.25, 0.3) is 0 Å². The Morgan fingerprint density at radius 1 is 1.42 bits per heavy atom. The lowest BCUT2D eigenvalue weighted by molar-refractivity contribution is 0.220. The Kier molecular flexibility index (Phi) is 3.49. The Morgan fingerprint density at radius 3 is 2.50 bits per heavy atom. The van der Waals surface area contributed by atoms with Crippen molar-refractivity contribution in [3.63, 3.8) is 0 Å². The van der Waals surface area contributed by atoms with Crippen LogP contribution in [0.4, 0.5) is 0 Å². The summed E-state index contributed by atoms with van der Waals surface area (Å²) in [5, 5.41) is 4.17. The Morgan fingerprint density at radius 2 is 2.00 bits per heavy atom. The van der Waals surface area contributed by atoms with Crippen LogP contribution in [0, 0.1) is 5.92 Å². The quantitative estimate of drug-likeness (QED) is 0.590. The van der Waals surface area contributed by atoms with E-state index in [1.165, 1.54) is 0 Å². The fraction of sp³-hybridized carbons (Fsp3) is 1.00. The highest BCUT2D eigenvalue weighted by Gasteiger charge is 2.15. The van der Waals surface area contributed by atoms with Crippen LogP contribution in [0.15, 0.2) is 0 Å². The summed E-state index contributed by atoms with van der Waals surface area (Å²) in [5.41, 5.74) is 0. The molecule has 0 aromatic heterocycles. The van der Waals surface area contributed by atoms with Crippen molar-refractivity contribution in [3.05, 3.63) is 0 Å². The van der Waals surface area contributed by atoms with Gasteiger partial charge in [0.15, 0.2) is 0 Å². The second kappa shape index (κ2) is 4.20. The van der Waals surface area contributed by atoms with Crippen molar-refractivity contribution in [3.8, 4) is 0 Å². The third-order valence-electron chi connectivity index (χ3n) is 1.91. The summed E-state index contributed by atoms with van der Waals surface area (Å²) in [7, 11) is -3.25. The minimum Gasteiger partial charge on any atom is -0.270 e. The predicted octanol–water partition coefficient (Wildman–Crippen LogP) is -0.0230. The van der Waals surface area contributed by atoms with Gasteiger partial charge in [0.2, 0.25) is 0 Å². The molecule has 0 spiro atoms. The van der Waals surface area contributed by atoms with Crippen LogP contribution >= 0.6 is 0 Å². The van der Waals surface area contributed by atoms with Gasteiger partial charge in [-0.25, -0.2) is 5.32 Å². The lowest BCUT2D eigenvalue weighted by atomic mass is 10.00. The lowest BCUT2D eigenvalue weighted by Gasteiger charge is -2.20. The molecular formula is C7H14NO3S. The first kappa shape index (κ1) is 9.95. The molecule has 0 N–H and O–H groups in total. The van der Waals surface area contributed by atoms with Gasteiger partial charge < -0.3 is 0 Å². The van der Waals surface area contributed by atoms with E-state index >= 15 is 0 Å². The van der Waals surface area contributed by atoms with Crippen molar-refractivity contribution in [1.82, 2.24) is 5.32 Å². The van der Waals surface area contributed by atoms with Crippen LogP contribution < -0.4 is 5.32 Å². The van der Waals surface area contributed by atoms with E-state index in [-0.39, 0.29) is 0 Å². The van der Waals surface area contributed by atoms with Gasteiger partial charge in [-0.3, -0.25) is 4.18 Å². The molecule has 71 valence electrons. The average Bonchev–Trinajstić information content (AvgIpc) is 2.02. The number of hydrogen-bond acceptors (Lipinski definition) is 3. The number of piperidine rings is 1. The summed E-state index contributed by atoms with van der Waals surface area (Å²) in [6, 6.07) is 0. The number of hydrogen-bond donors (Lipinski definition) is 0. The molecular weight excluding hydrogens is 178 g/mol. The van der Waals surface area contributed by atoms with Crippen molar-refractivity contribution in [2.24, 2.45) is 5.92 Å². The molecule has 1 heterocycles. The highest BCUT2D eigenvalue weighted by molar-refractivity contribution is 7.85. The summed E-state index contributed by atoms with van der Waals surface area (Å²) >= 11 is 0. The van der Waals surface area contributed by atoms with Crippen molar-refractivity contribution in [2.75, 3.05) is 26.0 Å². The molecule has 0 atom stereocenters. The van der Waals surface area contributed by atoms with Crippen LogP contribution in [0.1, 0.15) is 12.8 Å². The average molecular weight is 192 g/mol. The first-order chi connectivity index (χ1) is 5.58. The molecule has 0 amide bonds. The normalized spacial score (nSPS) is 21.1. The highest BCUT2D eigenvalue weighted by Crippen LogP contribution is 2.13. The molecule has 1 aliphatic heterocycles. The topological polar surface area (TPSA) is 57.5 Å². The molecule has 1 aliphatic rings. The number of nitrogens with zero attached hydrogens (tertiary/aromatic N) is 1. The molecule has 0 bridgehead atoms. The Balaban J connectivity index is 2.22. The Labute approximate surface area is 73.4 Å². The van der Waals surface area contributed by atoms with E-state index in [2.05, 4.69) is 5.32 Å². The van der Waals surface area contributed by atoms with Crippen LogP contribution in [-0.4, -0.2) is 34.4 Å². The van der Waals surface area contributed by atoms with Gasteiger partial charge in [0, 0.05) is 13.1 Å². The zero-order valence-corrected chi connectivity index (χ0v) is 8.01. The van der Waals surface area contributed by atoms with E-state index in [0.717, 1.165) is 32.2 Å². The third kappa shape index (κ3) is 4.04. The van der Waals surface area contributed by atoms with E-state index < -0.39 is 10.1 Å². The predicted molar refractivity (Wildman–Crippen MR) is 45.4 cm³/mol. The fourth-order valence-electron chi connectivity index (χ4n) is 1.19. The first-order valence-corrected chi connectivity index (χ1v) is 5.87. The van der Waals surface area contributed by atoms with Gasteiger partial charge in [-0.15, -0.1) is 0 Å². The second-order valence-corrected chi connectivity index (χ2v) is 4.75. The molecule has 1 fully saturated rings. The van der Waals surface area contributed by atoms with Gasteiger partial charge in [-0.05, 0) is 18.8 Å². The largest absolute Gasteiger partial charge is 0.270 e. The van der Waals surface area contributed by atoms with Gasteiger partial charge in [-0.2, -0.15) is 8.42 Å². The third-order valence-corrected chi connectivity index (χ3v) is 2.47. The van der Waals surface area contributed by atoms with Crippen LogP contribution in [0.2, 0.25) is 0 Å². The van der Waals surface area contributed by atoms with Gasteiger partial charge >= 0.3 is 0 Å². The molecule has 1 rings (SSSR count). The molecule has 4 nitrogen and oxygen atoms in total. The summed E-state index contributed by atoms with van der Waals surface area (Å²) in [4.78, 5) is 0. The maximum absolute atomic E-state index is 10.6. The monoisotopic (exact) mass is 192 g/mol. The maximum Gasteiger partial charge on any atom is 0.264 e. The van der Waals surface area contributed by atoms with Gasteiger partial charge in [0.1, 0.15) is 0 Å². The van der Waals surface area contributed by atoms with E-state index in [9.17, 15) is 8.42 Å². The minimum absolute atomic E-state index is 0.328. The Hall–Kier alpha value is -0.130. The second-order valence-electron chi connectivity index (χ2n) is 3.10. The van der Waals surface area contributed by atoms with E-state index in [1.807, 2.05) is 0 Å². The molecule has 0 aromatic rings. The molecule has 1 radical (unpaired) electrons.